The Bertz CT molecular complexity index is 648. The molecule has 0 bridgehead atoms. The predicted molar refractivity (Wildman–Crippen MR) is 85.0 cm³/mol. The van der Waals surface area contributed by atoms with Crippen LogP contribution in [0.1, 0.15) is 12.6 Å². The first-order chi connectivity index (χ1) is 10.6. The summed E-state index contributed by atoms with van der Waals surface area (Å²) in [4.78, 5) is 20.1. The lowest BCUT2D eigenvalue weighted by Gasteiger charge is -2.33. The van der Waals surface area contributed by atoms with Gasteiger partial charge in [-0.25, -0.2) is 9.37 Å². The second-order valence-electron chi connectivity index (χ2n) is 5.43. The Morgan fingerprint density at radius 3 is 2.55 bits per heavy atom. The van der Waals surface area contributed by atoms with Crippen LogP contribution in [0.5, 0.6) is 0 Å². The number of nitrogens with zero attached hydrogens (tertiary/aromatic N) is 3. The molecule has 1 aromatic heterocycles. The van der Waals surface area contributed by atoms with Gasteiger partial charge in [0, 0.05) is 50.6 Å². The summed E-state index contributed by atoms with van der Waals surface area (Å²) >= 11 is 1.58. The van der Waals surface area contributed by atoms with Crippen LogP contribution in [0, 0.1) is 5.82 Å². The standard InChI is InChI=1S/C16H18FN3OS/c1-12(21)20-8-6-19(7-9-20)10-15-11-22-16(18-15)13-2-4-14(17)5-3-13/h2-5,11H,6-10H2,1H3. The quantitative estimate of drug-likeness (QED) is 0.872. The average Bonchev–Trinajstić information content (AvgIpc) is 2.97. The molecule has 2 heterocycles. The second-order valence-corrected chi connectivity index (χ2v) is 6.29. The van der Waals surface area contributed by atoms with Crippen LogP contribution in [-0.2, 0) is 11.3 Å². The van der Waals surface area contributed by atoms with Gasteiger partial charge in [-0.15, -0.1) is 11.3 Å². The van der Waals surface area contributed by atoms with E-state index in [1.165, 1.54) is 12.1 Å². The summed E-state index contributed by atoms with van der Waals surface area (Å²) in [6.07, 6.45) is 0. The zero-order chi connectivity index (χ0) is 15.5. The zero-order valence-corrected chi connectivity index (χ0v) is 13.3. The van der Waals surface area contributed by atoms with Crippen LogP contribution >= 0.6 is 11.3 Å². The van der Waals surface area contributed by atoms with Crippen molar-refractivity contribution >= 4 is 17.2 Å². The summed E-state index contributed by atoms with van der Waals surface area (Å²) in [6.45, 7) is 5.73. The number of benzene rings is 1. The molecule has 3 rings (SSSR count). The van der Waals surface area contributed by atoms with Gasteiger partial charge >= 0.3 is 0 Å². The molecule has 4 nitrogen and oxygen atoms in total. The molecular formula is C16H18FN3OS. The highest BCUT2D eigenvalue weighted by molar-refractivity contribution is 7.13. The molecule has 0 unspecified atom stereocenters. The first-order valence-corrected chi connectivity index (χ1v) is 8.18. The molecule has 0 radical (unpaired) electrons. The van der Waals surface area contributed by atoms with Crippen molar-refractivity contribution in [1.82, 2.24) is 14.8 Å². The summed E-state index contributed by atoms with van der Waals surface area (Å²) in [5, 5.41) is 2.97. The van der Waals surface area contributed by atoms with Crippen LogP contribution in [0.15, 0.2) is 29.6 Å². The fraction of sp³-hybridized carbons (Fsp3) is 0.375. The van der Waals surface area contributed by atoms with Crippen molar-refractivity contribution < 1.29 is 9.18 Å². The summed E-state index contributed by atoms with van der Waals surface area (Å²) in [6, 6.07) is 6.42. The SMILES string of the molecule is CC(=O)N1CCN(Cc2csc(-c3ccc(F)cc3)n2)CC1. The Kier molecular flexibility index (Phi) is 4.49. The first kappa shape index (κ1) is 15.1. The highest BCUT2D eigenvalue weighted by Gasteiger charge is 2.19. The number of aromatic nitrogens is 1. The minimum Gasteiger partial charge on any atom is -0.340 e. The van der Waals surface area contributed by atoms with Gasteiger partial charge in [-0.2, -0.15) is 0 Å². The Balaban J connectivity index is 1.60. The van der Waals surface area contributed by atoms with Gasteiger partial charge in [0.2, 0.25) is 5.91 Å². The lowest BCUT2D eigenvalue weighted by Crippen LogP contribution is -2.47. The number of halogens is 1. The average molecular weight is 319 g/mol. The zero-order valence-electron chi connectivity index (χ0n) is 12.5. The van der Waals surface area contributed by atoms with Crippen LogP contribution < -0.4 is 0 Å². The third-order valence-corrected chi connectivity index (χ3v) is 4.79. The number of carbonyl (C=O) groups excluding carboxylic acids is 1. The number of amides is 1. The number of carbonyl (C=O) groups is 1. The molecule has 116 valence electrons. The van der Waals surface area contributed by atoms with E-state index in [4.69, 9.17) is 0 Å². The summed E-state index contributed by atoms with van der Waals surface area (Å²) < 4.78 is 13.0. The van der Waals surface area contributed by atoms with Crippen LogP contribution in [0.25, 0.3) is 10.6 Å². The van der Waals surface area contributed by atoms with Crippen LogP contribution in [-0.4, -0.2) is 46.9 Å². The largest absolute Gasteiger partial charge is 0.340 e. The highest BCUT2D eigenvalue weighted by atomic mass is 32.1. The summed E-state index contributed by atoms with van der Waals surface area (Å²) in [5.41, 5.74) is 1.97. The van der Waals surface area contributed by atoms with E-state index in [0.29, 0.717) is 0 Å². The fourth-order valence-electron chi connectivity index (χ4n) is 2.55. The predicted octanol–water partition coefficient (Wildman–Crippen LogP) is 2.61. The van der Waals surface area contributed by atoms with Crippen LogP contribution in [0.2, 0.25) is 0 Å². The van der Waals surface area contributed by atoms with Crippen molar-refractivity contribution in [2.45, 2.75) is 13.5 Å². The number of piperazine rings is 1. The Labute approximate surface area is 133 Å². The number of rotatable bonds is 3. The van der Waals surface area contributed by atoms with Gasteiger partial charge < -0.3 is 4.90 Å². The van der Waals surface area contributed by atoms with Crippen molar-refractivity contribution in [2.24, 2.45) is 0 Å². The van der Waals surface area contributed by atoms with Gasteiger partial charge in [0.1, 0.15) is 10.8 Å². The van der Waals surface area contributed by atoms with Crippen molar-refractivity contribution in [2.75, 3.05) is 26.2 Å². The fourth-order valence-corrected chi connectivity index (χ4v) is 3.37. The molecule has 0 spiro atoms. The van der Waals surface area contributed by atoms with E-state index in [-0.39, 0.29) is 11.7 Å². The first-order valence-electron chi connectivity index (χ1n) is 7.30. The molecule has 22 heavy (non-hydrogen) atoms. The van der Waals surface area contributed by atoms with E-state index in [1.54, 1.807) is 30.4 Å². The number of hydrogen-bond acceptors (Lipinski definition) is 4. The molecule has 1 aliphatic rings. The molecule has 1 aliphatic heterocycles. The van der Waals surface area contributed by atoms with E-state index in [1.807, 2.05) is 4.90 Å². The number of thiazole rings is 1. The molecular weight excluding hydrogens is 301 g/mol. The number of hydrogen-bond donors (Lipinski definition) is 0. The van der Waals surface area contributed by atoms with Crippen LogP contribution in [0.3, 0.4) is 0 Å². The molecule has 6 heteroatoms. The lowest BCUT2D eigenvalue weighted by atomic mass is 10.2. The molecule has 1 fully saturated rings. The van der Waals surface area contributed by atoms with E-state index >= 15 is 0 Å². The molecule has 2 aromatic rings. The van der Waals surface area contributed by atoms with Crippen molar-refractivity contribution in [1.29, 1.82) is 0 Å². The molecule has 0 N–H and O–H groups in total. The molecule has 1 saturated heterocycles. The molecule has 0 aliphatic carbocycles. The van der Waals surface area contributed by atoms with E-state index < -0.39 is 0 Å². The lowest BCUT2D eigenvalue weighted by molar-refractivity contribution is -0.130. The molecule has 1 aromatic carbocycles. The Morgan fingerprint density at radius 2 is 1.91 bits per heavy atom. The van der Waals surface area contributed by atoms with E-state index in [0.717, 1.165) is 49.0 Å². The third-order valence-electron chi connectivity index (χ3n) is 3.85. The smallest absolute Gasteiger partial charge is 0.219 e. The van der Waals surface area contributed by atoms with Gasteiger partial charge in [0.05, 0.1) is 5.69 Å². The minimum atomic E-state index is -0.233. The van der Waals surface area contributed by atoms with Gasteiger partial charge in [0.15, 0.2) is 0 Å². The molecule has 1 amide bonds. The summed E-state index contributed by atoms with van der Waals surface area (Å²) in [7, 11) is 0. The second kappa shape index (κ2) is 6.54. The van der Waals surface area contributed by atoms with E-state index in [2.05, 4.69) is 15.3 Å². The Morgan fingerprint density at radius 1 is 1.23 bits per heavy atom. The molecule has 0 saturated carbocycles. The van der Waals surface area contributed by atoms with Crippen molar-refractivity contribution in [3.05, 3.63) is 41.2 Å². The normalized spacial score (nSPS) is 16.0. The van der Waals surface area contributed by atoms with Gasteiger partial charge in [-0.3, -0.25) is 9.69 Å². The van der Waals surface area contributed by atoms with Crippen molar-refractivity contribution in [3.8, 4) is 10.6 Å². The van der Waals surface area contributed by atoms with Crippen LogP contribution in [0.4, 0.5) is 4.39 Å². The van der Waals surface area contributed by atoms with E-state index in [9.17, 15) is 9.18 Å². The topological polar surface area (TPSA) is 36.4 Å². The monoisotopic (exact) mass is 319 g/mol. The minimum absolute atomic E-state index is 0.145. The highest BCUT2D eigenvalue weighted by Crippen LogP contribution is 2.24. The maximum Gasteiger partial charge on any atom is 0.219 e. The summed E-state index contributed by atoms with van der Waals surface area (Å²) in [5.74, 6) is -0.0872. The van der Waals surface area contributed by atoms with Gasteiger partial charge in [-0.1, -0.05) is 0 Å². The maximum atomic E-state index is 13.0. The van der Waals surface area contributed by atoms with Gasteiger partial charge in [0.25, 0.3) is 0 Å². The molecule has 0 atom stereocenters. The Hall–Kier alpha value is -1.79. The maximum absolute atomic E-state index is 13.0. The third kappa shape index (κ3) is 3.51. The van der Waals surface area contributed by atoms with Crippen molar-refractivity contribution in [3.63, 3.8) is 0 Å². The van der Waals surface area contributed by atoms with Gasteiger partial charge in [-0.05, 0) is 24.3 Å².